The van der Waals surface area contributed by atoms with E-state index in [-0.39, 0.29) is 6.04 Å². The molecule has 0 saturated carbocycles. The summed E-state index contributed by atoms with van der Waals surface area (Å²) in [6.45, 7) is 7.81. The van der Waals surface area contributed by atoms with Crippen molar-refractivity contribution in [2.45, 2.75) is 46.1 Å². The fourth-order valence-electron chi connectivity index (χ4n) is 3.36. The molecular formula is C19H24N6. The first-order chi connectivity index (χ1) is 12.1. The number of pyridine rings is 1. The lowest BCUT2D eigenvalue weighted by atomic mass is 10.0. The van der Waals surface area contributed by atoms with Crippen LogP contribution in [0.5, 0.6) is 0 Å². The monoisotopic (exact) mass is 336 g/mol. The number of hydrogen-bond acceptors (Lipinski definition) is 6. The summed E-state index contributed by atoms with van der Waals surface area (Å²) in [6.07, 6.45) is 4.72. The normalized spacial score (nSPS) is 17.2. The van der Waals surface area contributed by atoms with Crippen LogP contribution in [0.2, 0.25) is 0 Å². The van der Waals surface area contributed by atoms with Gasteiger partial charge in [0.25, 0.3) is 0 Å². The number of hydrogen-bond donors (Lipinski definition) is 1. The molecule has 3 rings (SSSR count). The van der Waals surface area contributed by atoms with Crippen LogP contribution in [0, 0.1) is 25.2 Å². The van der Waals surface area contributed by atoms with E-state index in [1.54, 1.807) is 6.33 Å². The molecule has 2 aromatic heterocycles. The van der Waals surface area contributed by atoms with E-state index in [4.69, 9.17) is 0 Å². The second-order valence-electron chi connectivity index (χ2n) is 6.53. The maximum Gasteiger partial charge on any atom is 0.132 e. The number of anilines is 2. The molecule has 130 valence electrons. The number of aryl methyl sites for hydroxylation is 3. The van der Waals surface area contributed by atoms with Crippen molar-refractivity contribution >= 4 is 11.5 Å². The zero-order chi connectivity index (χ0) is 17.8. The van der Waals surface area contributed by atoms with Crippen LogP contribution in [0.15, 0.2) is 18.5 Å². The minimum absolute atomic E-state index is 0.280. The van der Waals surface area contributed by atoms with E-state index in [0.717, 1.165) is 60.9 Å². The number of piperidine rings is 1. The zero-order valence-electron chi connectivity index (χ0n) is 15.1. The second kappa shape index (κ2) is 7.47. The average Bonchev–Trinajstić information content (AvgIpc) is 2.62. The molecule has 0 aliphatic carbocycles. The third-order valence-electron chi connectivity index (χ3n) is 4.62. The zero-order valence-corrected chi connectivity index (χ0v) is 15.1. The van der Waals surface area contributed by atoms with Crippen molar-refractivity contribution in [1.82, 2.24) is 15.0 Å². The molecule has 6 nitrogen and oxygen atoms in total. The summed E-state index contributed by atoms with van der Waals surface area (Å²) in [5.41, 5.74) is 4.29. The number of nitriles is 1. The highest BCUT2D eigenvalue weighted by atomic mass is 15.2. The molecule has 0 unspecified atom stereocenters. The van der Waals surface area contributed by atoms with Gasteiger partial charge in [0.05, 0.1) is 16.9 Å². The Balaban J connectivity index is 1.77. The average molecular weight is 336 g/mol. The molecular weight excluding hydrogens is 312 g/mol. The van der Waals surface area contributed by atoms with Gasteiger partial charge in [-0.3, -0.25) is 4.98 Å². The van der Waals surface area contributed by atoms with Gasteiger partial charge in [0.15, 0.2) is 0 Å². The number of aromatic nitrogens is 3. The third kappa shape index (κ3) is 3.87. The van der Waals surface area contributed by atoms with Crippen LogP contribution in [0.3, 0.4) is 0 Å². The Labute approximate surface area is 148 Å². The first kappa shape index (κ1) is 17.2. The smallest absolute Gasteiger partial charge is 0.132 e. The summed E-state index contributed by atoms with van der Waals surface area (Å²) in [4.78, 5) is 15.4. The van der Waals surface area contributed by atoms with Crippen molar-refractivity contribution in [3.8, 4) is 6.07 Å². The summed E-state index contributed by atoms with van der Waals surface area (Å²) < 4.78 is 0. The summed E-state index contributed by atoms with van der Waals surface area (Å²) >= 11 is 0. The van der Waals surface area contributed by atoms with Crippen molar-refractivity contribution in [2.24, 2.45) is 0 Å². The van der Waals surface area contributed by atoms with Crippen LogP contribution in [-0.2, 0) is 6.42 Å². The molecule has 0 bridgehead atoms. The second-order valence-corrected chi connectivity index (χ2v) is 6.53. The molecule has 0 radical (unpaired) electrons. The van der Waals surface area contributed by atoms with E-state index < -0.39 is 0 Å². The van der Waals surface area contributed by atoms with Crippen LogP contribution in [0.1, 0.15) is 42.4 Å². The van der Waals surface area contributed by atoms with Crippen molar-refractivity contribution < 1.29 is 0 Å². The molecule has 0 spiro atoms. The van der Waals surface area contributed by atoms with E-state index in [2.05, 4.69) is 44.2 Å². The first-order valence-electron chi connectivity index (χ1n) is 8.81. The highest BCUT2D eigenvalue weighted by Gasteiger charge is 2.22. The molecule has 1 atom stereocenters. The third-order valence-corrected chi connectivity index (χ3v) is 4.62. The standard InChI is InChI=1S/C19H24N6/c1-4-15-9-19(22-12-21-15)25-7-5-6-16(11-25)24-18-8-13(2)23-14(3)17(18)10-20/h8-9,12,16H,4-7,11H2,1-3H3,(H,23,24)/t16-/m1/s1. The topological polar surface area (TPSA) is 77.7 Å². The van der Waals surface area contributed by atoms with Crippen LogP contribution < -0.4 is 10.2 Å². The van der Waals surface area contributed by atoms with E-state index >= 15 is 0 Å². The minimum atomic E-state index is 0.280. The van der Waals surface area contributed by atoms with Gasteiger partial charge < -0.3 is 10.2 Å². The van der Waals surface area contributed by atoms with Gasteiger partial charge in [-0.15, -0.1) is 0 Å². The van der Waals surface area contributed by atoms with Crippen LogP contribution >= 0.6 is 0 Å². The molecule has 2 aromatic rings. The van der Waals surface area contributed by atoms with Gasteiger partial charge in [-0.1, -0.05) is 6.92 Å². The Morgan fingerprint density at radius 1 is 1.32 bits per heavy atom. The van der Waals surface area contributed by atoms with Gasteiger partial charge in [0.1, 0.15) is 18.2 Å². The number of nitrogens with zero attached hydrogens (tertiary/aromatic N) is 5. The molecule has 1 N–H and O–H groups in total. The highest BCUT2D eigenvalue weighted by molar-refractivity contribution is 5.60. The Kier molecular flexibility index (Phi) is 5.13. The van der Waals surface area contributed by atoms with Crippen molar-refractivity contribution in [3.05, 3.63) is 41.1 Å². The molecule has 3 heterocycles. The van der Waals surface area contributed by atoms with Gasteiger partial charge in [-0.05, 0) is 39.2 Å². The molecule has 1 fully saturated rings. The van der Waals surface area contributed by atoms with Crippen LogP contribution in [-0.4, -0.2) is 34.1 Å². The molecule has 1 aliphatic rings. The predicted molar refractivity (Wildman–Crippen MR) is 98.7 cm³/mol. The predicted octanol–water partition coefficient (Wildman–Crippen LogP) is 3.00. The van der Waals surface area contributed by atoms with E-state index in [1.165, 1.54) is 0 Å². The Bertz CT molecular complexity index is 795. The summed E-state index contributed by atoms with van der Waals surface area (Å²) in [5, 5.41) is 13.0. The summed E-state index contributed by atoms with van der Waals surface area (Å²) in [5.74, 6) is 0.987. The van der Waals surface area contributed by atoms with E-state index in [1.807, 2.05) is 19.9 Å². The maximum absolute atomic E-state index is 9.45. The first-order valence-corrected chi connectivity index (χ1v) is 8.81. The van der Waals surface area contributed by atoms with Gasteiger partial charge in [0.2, 0.25) is 0 Å². The van der Waals surface area contributed by atoms with E-state index in [9.17, 15) is 5.26 Å². The van der Waals surface area contributed by atoms with Crippen molar-refractivity contribution in [2.75, 3.05) is 23.3 Å². The van der Waals surface area contributed by atoms with Crippen LogP contribution in [0.4, 0.5) is 11.5 Å². The molecule has 6 heteroatoms. The Morgan fingerprint density at radius 3 is 2.92 bits per heavy atom. The SMILES string of the molecule is CCc1cc(N2CCC[C@@H](Nc3cc(C)nc(C)c3C#N)C2)ncn1. The lowest BCUT2D eigenvalue weighted by molar-refractivity contribution is 0.526. The molecule has 1 aliphatic heterocycles. The number of rotatable bonds is 4. The fraction of sp³-hybridized carbons (Fsp3) is 0.474. The lowest BCUT2D eigenvalue weighted by Gasteiger charge is -2.34. The van der Waals surface area contributed by atoms with Gasteiger partial charge in [-0.25, -0.2) is 9.97 Å². The maximum atomic E-state index is 9.45. The Hall–Kier alpha value is -2.68. The highest BCUT2D eigenvalue weighted by Crippen LogP contribution is 2.24. The van der Waals surface area contributed by atoms with Gasteiger partial charge in [-0.2, -0.15) is 5.26 Å². The van der Waals surface area contributed by atoms with Gasteiger partial charge >= 0.3 is 0 Å². The molecule has 1 saturated heterocycles. The largest absolute Gasteiger partial charge is 0.379 e. The molecule has 0 aromatic carbocycles. The summed E-state index contributed by atoms with van der Waals surface area (Å²) in [7, 11) is 0. The minimum Gasteiger partial charge on any atom is -0.379 e. The van der Waals surface area contributed by atoms with Gasteiger partial charge in [0, 0.05) is 36.6 Å². The fourth-order valence-corrected chi connectivity index (χ4v) is 3.36. The van der Waals surface area contributed by atoms with Crippen LogP contribution in [0.25, 0.3) is 0 Å². The quantitative estimate of drug-likeness (QED) is 0.925. The molecule has 0 amide bonds. The number of nitrogens with one attached hydrogen (secondary N) is 1. The lowest BCUT2D eigenvalue weighted by Crippen LogP contribution is -2.42. The molecule has 25 heavy (non-hydrogen) atoms. The summed E-state index contributed by atoms with van der Waals surface area (Å²) in [6, 6.07) is 6.60. The Morgan fingerprint density at radius 2 is 2.16 bits per heavy atom. The van der Waals surface area contributed by atoms with E-state index in [0.29, 0.717) is 5.56 Å². The van der Waals surface area contributed by atoms with Crippen molar-refractivity contribution in [1.29, 1.82) is 5.26 Å². The van der Waals surface area contributed by atoms with Crippen molar-refractivity contribution in [3.63, 3.8) is 0 Å².